The molecular formula is C15H20F2N2O3S. The fourth-order valence-corrected chi connectivity index (χ4v) is 3.92. The fourth-order valence-electron chi connectivity index (χ4n) is 2.67. The average Bonchev–Trinajstić information content (AvgIpc) is 2.48. The molecule has 1 unspecified atom stereocenters. The highest BCUT2D eigenvalue weighted by Gasteiger charge is 2.33. The Morgan fingerprint density at radius 1 is 1.39 bits per heavy atom. The van der Waals surface area contributed by atoms with Crippen LogP contribution >= 0.6 is 0 Å². The van der Waals surface area contributed by atoms with E-state index < -0.39 is 22.7 Å². The van der Waals surface area contributed by atoms with E-state index in [1.807, 2.05) is 0 Å². The van der Waals surface area contributed by atoms with Crippen LogP contribution < -0.4 is 9.62 Å². The molecule has 1 amide bonds. The van der Waals surface area contributed by atoms with Crippen molar-refractivity contribution in [3.8, 4) is 0 Å². The Hall–Kier alpha value is -1.54. The summed E-state index contributed by atoms with van der Waals surface area (Å²) in [6.45, 7) is 1.43. The molecule has 0 saturated carbocycles. The summed E-state index contributed by atoms with van der Waals surface area (Å²) in [5.41, 5.74) is 1.18. The number of aryl methyl sites for hydroxylation is 1. The van der Waals surface area contributed by atoms with Gasteiger partial charge in [-0.3, -0.25) is 9.18 Å². The second-order valence-corrected chi connectivity index (χ2v) is 7.47. The van der Waals surface area contributed by atoms with Crippen molar-refractivity contribution >= 4 is 21.6 Å². The standard InChI is InChI=1S/C15H20F2N2O3S/c1-11-10-12(17)5-6-14(11)19-8-2-4-13(15(19)20)18-23(21,22)9-3-7-16/h5-6,10,13,18H,2-4,7-9H2,1H3. The lowest BCUT2D eigenvalue weighted by atomic mass is 10.0. The van der Waals surface area contributed by atoms with Gasteiger partial charge in [0.05, 0.1) is 12.4 Å². The van der Waals surface area contributed by atoms with Gasteiger partial charge in [0.2, 0.25) is 15.9 Å². The van der Waals surface area contributed by atoms with Crippen molar-refractivity contribution in [3.63, 3.8) is 0 Å². The highest BCUT2D eigenvalue weighted by Crippen LogP contribution is 2.25. The minimum absolute atomic E-state index is 0.100. The topological polar surface area (TPSA) is 66.5 Å². The maximum absolute atomic E-state index is 13.2. The van der Waals surface area contributed by atoms with Crippen LogP contribution in [-0.2, 0) is 14.8 Å². The van der Waals surface area contributed by atoms with Gasteiger partial charge in [-0.05, 0) is 49.9 Å². The summed E-state index contributed by atoms with van der Waals surface area (Å²) in [6.07, 6.45) is 0.917. The molecule has 1 heterocycles. The lowest BCUT2D eigenvalue weighted by Crippen LogP contribution is -2.53. The van der Waals surface area contributed by atoms with Crippen LogP contribution in [0.5, 0.6) is 0 Å². The van der Waals surface area contributed by atoms with Gasteiger partial charge in [0.25, 0.3) is 0 Å². The van der Waals surface area contributed by atoms with Crippen molar-refractivity contribution in [1.82, 2.24) is 4.72 Å². The Bertz CT molecular complexity index is 679. The monoisotopic (exact) mass is 346 g/mol. The van der Waals surface area contributed by atoms with E-state index in [1.54, 1.807) is 6.92 Å². The van der Waals surface area contributed by atoms with Crippen molar-refractivity contribution in [2.24, 2.45) is 0 Å². The molecule has 0 aromatic heterocycles. The van der Waals surface area contributed by atoms with E-state index in [0.717, 1.165) is 0 Å². The zero-order valence-corrected chi connectivity index (χ0v) is 13.7. The second-order valence-electron chi connectivity index (χ2n) is 5.59. The molecule has 8 heteroatoms. The van der Waals surface area contributed by atoms with Crippen molar-refractivity contribution < 1.29 is 22.0 Å². The van der Waals surface area contributed by atoms with E-state index in [9.17, 15) is 22.0 Å². The average molecular weight is 346 g/mol. The number of carbonyl (C=O) groups excluding carboxylic acids is 1. The molecule has 1 aromatic rings. The predicted octanol–water partition coefficient (Wildman–Crippen LogP) is 1.91. The molecule has 23 heavy (non-hydrogen) atoms. The molecule has 1 atom stereocenters. The summed E-state index contributed by atoms with van der Waals surface area (Å²) in [5, 5.41) is 0. The number of nitrogens with zero attached hydrogens (tertiary/aromatic N) is 1. The number of rotatable bonds is 6. The zero-order valence-electron chi connectivity index (χ0n) is 12.9. The molecule has 1 N–H and O–H groups in total. The Kier molecular flexibility index (Phi) is 5.69. The Balaban J connectivity index is 2.15. The van der Waals surface area contributed by atoms with Crippen LogP contribution in [0.2, 0.25) is 0 Å². The predicted molar refractivity (Wildman–Crippen MR) is 84.0 cm³/mol. The third kappa shape index (κ3) is 4.48. The number of hydrogen-bond acceptors (Lipinski definition) is 3. The maximum Gasteiger partial charge on any atom is 0.245 e. The number of benzene rings is 1. The number of halogens is 2. The normalized spacial score (nSPS) is 19.2. The quantitative estimate of drug-likeness (QED) is 0.856. The van der Waals surface area contributed by atoms with E-state index in [1.165, 1.54) is 23.1 Å². The smallest absolute Gasteiger partial charge is 0.245 e. The van der Waals surface area contributed by atoms with Gasteiger partial charge in [-0.25, -0.2) is 17.5 Å². The van der Waals surface area contributed by atoms with Crippen molar-refractivity contribution in [2.75, 3.05) is 23.9 Å². The highest BCUT2D eigenvalue weighted by atomic mass is 32.2. The van der Waals surface area contributed by atoms with Crippen LogP contribution in [0.25, 0.3) is 0 Å². The minimum Gasteiger partial charge on any atom is -0.311 e. The lowest BCUT2D eigenvalue weighted by Gasteiger charge is -2.33. The number of hydrogen-bond donors (Lipinski definition) is 1. The van der Waals surface area contributed by atoms with Crippen molar-refractivity contribution in [2.45, 2.75) is 32.2 Å². The molecular weight excluding hydrogens is 326 g/mol. The number of piperidine rings is 1. The zero-order chi connectivity index (χ0) is 17.0. The van der Waals surface area contributed by atoms with Gasteiger partial charge in [-0.2, -0.15) is 0 Å². The summed E-state index contributed by atoms with van der Waals surface area (Å²) in [5.74, 6) is -1.10. The van der Waals surface area contributed by atoms with Gasteiger partial charge >= 0.3 is 0 Å². The molecule has 5 nitrogen and oxygen atoms in total. The van der Waals surface area contributed by atoms with Crippen molar-refractivity contribution in [3.05, 3.63) is 29.6 Å². The molecule has 1 saturated heterocycles. The summed E-state index contributed by atoms with van der Waals surface area (Å²) >= 11 is 0. The summed E-state index contributed by atoms with van der Waals surface area (Å²) in [6, 6.07) is 3.25. The largest absolute Gasteiger partial charge is 0.311 e. The minimum atomic E-state index is -3.70. The van der Waals surface area contributed by atoms with Gasteiger partial charge < -0.3 is 4.90 Å². The first kappa shape index (κ1) is 17.8. The van der Waals surface area contributed by atoms with Crippen LogP contribution in [0.3, 0.4) is 0 Å². The summed E-state index contributed by atoms with van der Waals surface area (Å²) < 4.78 is 51.4. The highest BCUT2D eigenvalue weighted by molar-refractivity contribution is 7.89. The summed E-state index contributed by atoms with van der Waals surface area (Å²) in [7, 11) is -3.70. The van der Waals surface area contributed by atoms with E-state index in [0.29, 0.717) is 30.6 Å². The van der Waals surface area contributed by atoms with Crippen molar-refractivity contribution in [1.29, 1.82) is 0 Å². The third-order valence-electron chi connectivity index (χ3n) is 3.76. The van der Waals surface area contributed by atoms with E-state index >= 15 is 0 Å². The molecule has 1 aliphatic heterocycles. The van der Waals surface area contributed by atoms with Crippen LogP contribution in [-0.4, -0.2) is 39.3 Å². The van der Waals surface area contributed by atoms with Gasteiger partial charge in [0, 0.05) is 12.2 Å². The Morgan fingerprint density at radius 2 is 2.13 bits per heavy atom. The van der Waals surface area contributed by atoms with Gasteiger partial charge in [-0.15, -0.1) is 0 Å². The number of amides is 1. The molecule has 0 spiro atoms. The first-order valence-corrected chi connectivity index (χ1v) is 9.13. The van der Waals surface area contributed by atoms with Gasteiger partial charge in [-0.1, -0.05) is 0 Å². The molecule has 0 radical (unpaired) electrons. The number of sulfonamides is 1. The molecule has 0 bridgehead atoms. The molecule has 128 valence electrons. The van der Waals surface area contributed by atoms with Crippen LogP contribution in [0, 0.1) is 12.7 Å². The van der Waals surface area contributed by atoms with E-state index in [2.05, 4.69) is 4.72 Å². The van der Waals surface area contributed by atoms with Crippen LogP contribution in [0.4, 0.5) is 14.5 Å². The molecule has 1 aromatic carbocycles. The molecule has 0 aliphatic carbocycles. The van der Waals surface area contributed by atoms with Crippen LogP contribution in [0.15, 0.2) is 18.2 Å². The second kappa shape index (κ2) is 7.35. The maximum atomic E-state index is 13.2. The molecule has 1 aliphatic rings. The van der Waals surface area contributed by atoms with E-state index in [4.69, 9.17) is 0 Å². The number of alkyl halides is 1. The molecule has 2 rings (SSSR count). The first-order valence-electron chi connectivity index (χ1n) is 7.47. The lowest BCUT2D eigenvalue weighted by molar-refractivity contribution is -0.121. The fraction of sp³-hybridized carbons (Fsp3) is 0.533. The van der Waals surface area contributed by atoms with Gasteiger partial charge in [0.1, 0.15) is 11.9 Å². The number of nitrogens with one attached hydrogen (secondary N) is 1. The number of carbonyl (C=O) groups is 1. The third-order valence-corrected chi connectivity index (χ3v) is 5.23. The number of anilines is 1. The Labute approximate surface area is 134 Å². The molecule has 1 fully saturated rings. The summed E-state index contributed by atoms with van der Waals surface area (Å²) in [4.78, 5) is 14.0. The van der Waals surface area contributed by atoms with E-state index in [-0.39, 0.29) is 23.9 Å². The van der Waals surface area contributed by atoms with Crippen LogP contribution in [0.1, 0.15) is 24.8 Å². The first-order chi connectivity index (χ1) is 10.8. The Morgan fingerprint density at radius 3 is 2.78 bits per heavy atom. The van der Waals surface area contributed by atoms with Gasteiger partial charge in [0.15, 0.2) is 0 Å². The SMILES string of the molecule is Cc1cc(F)ccc1N1CCCC(NS(=O)(=O)CCCF)C1=O.